The van der Waals surface area contributed by atoms with Crippen LogP contribution in [0.4, 0.5) is 22.0 Å². The lowest BCUT2D eigenvalue weighted by Gasteiger charge is -2.10. The van der Waals surface area contributed by atoms with Crippen molar-refractivity contribution in [2.45, 2.75) is 0 Å². The Bertz CT molecular complexity index is 1190. The topological polar surface area (TPSA) is 92.9 Å². The number of nitrogen functional groups attached to an aromatic ring is 1. The van der Waals surface area contributed by atoms with E-state index >= 15 is 0 Å². The lowest BCUT2D eigenvalue weighted by atomic mass is 10.1. The summed E-state index contributed by atoms with van der Waals surface area (Å²) in [6.45, 7) is 0. The Hall–Kier alpha value is -2.87. The molecule has 9 heteroatoms. The van der Waals surface area contributed by atoms with Crippen LogP contribution in [0.3, 0.4) is 0 Å². The molecule has 0 aliphatic carbocycles. The second-order valence-corrected chi connectivity index (χ2v) is 7.57. The van der Waals surface area contributed by atoms with E-state index in [0.717, 1.165) is 21.3 Å². The number of nitrogens with two attached hydrogens (primary N) is 1. The molecule has 0 radical (unpaired) electrons. The minimum Gasteiger partial charge on any atom is -0.383 e. The summed E-state index contributed by atoms with van der Waals surface area (Å²) < 4.78 is 0. The van der Waals surface area contributed by atoms with E-state index in [1.165, 1.54) is 17.7 Å². The molecule has 2 aromatic heterocycles. The quantitative estimate of drug-likeness (QED) is 0.378. The average Bonchev–Trinajstić information content (AvgIpc) is 3.07. The van der Waals surface area contributed by atoms with Crippen molar-refractivity contribution in [3.05, 3.63) is 64.2 Å². The molecule has 4 rings (SSSR count). The largest absolute Gasteiger partial charge is 0.383 e. The van der Waals surface area contributed by atoms with Crippen LogP contribution >= 0.6 is 34.5 Å². The first-order chi connectivity index (χ1) is 13.5. The number of amides is 2. The van der Waals surface area contributed by atoms with Crippen molar-refractivity contribution < 1.29 is 4.79 Å². The number of nitrogens with one attached hydrogen (secondary N) is 2. The van der Waals surface area contributed by atoms with E-state index in [2.05, 4.69) is 20.6 Å². The van der Waals surface area contributed by atoms with Crippen molar-refractivity contribution in [3.8, 4) is 11.1 Å². The number of aromatic nitrogens is 2. The van der Waals surface area contributed by atoms with E-state index in [1.807, 2.05) is 11.4 Å². The monoisotopic (exact) mass is 429 g/mol. The van der Waals surface area contributed by atoms with Gasteiger partial charge in [-0.05, 0) is 30.3 Å². The first kappa shape index (κ1) is 18.5. The number of benzene rings is 2. The van der Waals surface area contributed by atoms with Crippen LogP contribution in [0.5, 0.6) is 0 Å². The fourth-order valence-electron chi connectivity index (χ4n) is 2.77. The number of thiophene rings is 1. The van der Waals surface area contributed by atoms with Gasteiger partial charge in [-0.15, -0.1) is 11.3 Å². The van der Waals surface area contributed by atoms with Gasteiger partial charge in [-0.3, -0.25) is 0 Å². The minimum atomic E-state index is -0.398. The number of urea groups is 1. The molecule has 0 unspecified atom stereocenters. The molecule has 0 bridgehead atoms. The first-order valence-corrected chi connectivity index (χ1v) is 9.76. The third kappa shape index (κ3) is 3.73. The van der Waals surface area contributed by atoms with Gasteiger partial charge in [-0.1, -0.05) is 35.3 Å². The third-order valence-electron chi connectivity index (χ3n) is 4.00. The van der Waals surface area contributed by atoms with Crippen molar-refractivity contribution in [1.29, 1.82) is 0 Å². The third-order valence-corrected chi connectivity index (χ3v) is 5.43. The van der Waals surface area contributed by atoms with Crippen molar-refractivity contribution in [3.63, 3.8) is 0 Å². The van der Waals surface area contributed by atoms with Crippen LogP contribution in [-0.4, -0.2) is 16.0 Å². The smallest absolute Gasteiger partial charge is 0.323 e. The van der Waals surface area contributed by atoms with Crippen LogP contribution in [0, 0.1) is 0 Å². The number of fused-ring (bicyclic) bond motifs is 1. The van der Waals surface area contributed by atoms with Crippen LogP contribution in [0.25, 0.3) is 21.3 Å². The van der Waals surface area contributed by atoms with Gasteiger partial charge in [0.1, 0.15) is 17.0 Å². The Morgan fingerprint density at radius 3 is 2.54 bits per heavy atom. The molecule has 6 nitrogen and oxygen atoms in total. The van der Waals surface area contributed by atoms with E-state index in [4.69, 9.17) is 28.9 Å². The number of rotatable bonds is 3. The van der Waals surface area contributed by atoms with Crippen molar-refractivity contribution in [2.75, 3.05) is 16.4 Å². The molecule has 0 fully saturated rings. The zero-order chi connectivity index (χ0) is 19.7. The molecule has 0 aliphatic rings. The number of anilines is 3. The Kier molecular flexibility index (Phi) is 5.04. The number of carbonyl (C=O) groups is 1. The summed E-state index contributed by atoms with van der Waals surface area (Å²) in [4.78, 5) is 21.3. The maximum atomic E-state index is 12.2. The first-order valence-electron chi connectivity index (χ1n) is 8.12. The van der Waals surface area contributed by atoms with E-state index in [9.17, 15) is 4.79 Å². The highest BCUT2D eigenvalue weighted by atomic mass is 35.5. The predicted octanol–water partition coefficient (Wildman–Crippen LogP) is 5.89. The second kappa shape index (κ2) is 7.63. The Morgan fingerprint density at radius 2 is 1.79 bits per heavy atom. The molecule has 0 aliphatic heterocycles. The van der Waals surface area contributed by atoms with Gasteiger partial charge in [0.15, 0.2) is 0 Å². The second-order valence-electron chi connectivity index (χ2n) is 5.87. The van der Waals surface area contributed by atoms with Gasteiger partial charge in [0, 0.05) is 32.9 Å². The number of hydrogen-bond acceptors (Lipinski definition) is 5. The molecule has 0 saturated heterocycles. The van der Waals surface area contributed by atoms with Crippen LogP contribution in [0.1, 0.15) is 0 Å². The molecule has 2 heterocycles. The summed E-state index contributed by atoms with van der Waals surface area (Å²) >= 11 is 13.9. The zero-order valence-electron chi connectivity index (χ0n) is 14.2. The normalized spacial score (nSPS) is 10.8. The summed E-state index contributed by atoms with van der Waals surface area (Å²) in [5.74, 6) is 0.403. The molecule has 0 saturated carbocycles. The van der Waals surface area contributed by atoms with Gasteiger partial charge in [-0.25, -0.2) is 14.8 Å². The number of halogens is 2. The van der Waals surface area contributed by atoms with Gasteiger partial charge < -0.3 is 16.4 Å². The van der Waals surface area contributed by atoms with Gasteiger partial charge >= 0.3 is 6.03 Å². The summed E-state index contributed by atoms with van der Waals surface area (Å²) in [7, 11) is 0. The van der Waals surface area contributed by atoms with Crippen molar-refractivity contribution in [2.24, 2.45) is 0 Å². The lowest BCUT2D eigenvalue weighted by molar-refractivity contribution is 0.262. The Balaban J connectivity index is 1.57. The van der Waals surface area contributed by atoms with Crippen LogP contribution in [0.2, 0.25) is 10.0 Å². The summed E-state index contributed by atoms with van der Waals surface area (Å²) in [6, 6.07) is 11.8. The molecule has 2 aromatic carbocycles. The van der Waals surface area contributed by atoms with Crippen LogP contribution in [-0.2, 0) is 0 Å². The molecule has 28 heavy (non-hydrogen) atoms. The standard InChI is InChI=1S/C19H13Cl2N5OS/c20-10-2-1-3-11(6-10)25-19(27)26-12-4-5-13(15(21)7-12)14-8-28-18-16(14)17(22)23-9-24-18/h1-9H,(H2,22,23,24)(H2,25,26,27). The van der Waals surface area contributed by atoms with Crippen LogP contribution in [0.15, 0.2) is 54.2 Å². The van der Waals surface area contributed by atoms with E-state index in [-0.39, 0.29) is 0 Å². The summed E-state index contributed by atoms with van der Waals surface area (Å²) in [6.07, 6.45) is 1.44. The van der Waals surface area contributed by atoms with Crippen molar-refractivity contribution >= 4 is 68.0 Å². The molecule has 0 atom stereocenters. The SMILES string of the molecule is Nc1ncnc2scc(-c3ccc(NC(=O)Nc4cccc(Cl)c4)cc3Cl)c12. The maximum absolute atomic E-state index is 12.2. The van der Waals surface area contributed by atoms with E-state index < -0.39 is 6.03 Å². The minimum absolute atomic E-state index is 0.398. The molecule has 140 valence electrons. The highest BCUT2D eigenvalue weighted by Crippen LogP contribution is 2.39. The highest BCUT2D eigenvalue weighted by Gasteiger charge is 2.14. The predicted molar refractivity (Wildman–Crippen MR) is 116 cm³/mol. The van der Waals surface area contributed by atoms with Crippen molar-refractivity contribution in [1.82, 2.24) is 9.97 Å². The average molecular weight is 430 g/mol. The zero-order valence-corrected chi connectivity index (χ0v) is 16.6. The molecule has 4 N–H and O–H groups in total. The van der Waals surface area contributed by atoms with E-state index in [1.54, 1.807) is 36.4 Å². The highest BCUT2D eigenvalue weighted by molar-refractivity contribution is 7.17. The summed E-state index contributed by atoms with van der Waals surface area (Å²) in [5.41, 5.74) is 8.80. The van der Waals surface area contributed by atoms with Gasteiger partial charge in [0.25, 0.3) is 0 Å². The molecule has 2 amide bonds. The van der Waals surface area contributed by atoms with Gasteiger partial charge in [0.2, 0.25) is 0 Å². The molecule has 0 spiro atoms. The van der Waals surface area contributed by atoms with Crippen LogP contribution < -0.4 is 16.4 Å². The molecule has 4 aromatic rings. The van der Waals surface area contributed by atoms with Gasteiger partial charge in [0.05, 0.1) is 10.4 Å². The Labute approximate surface area is 174 Å². The fourth-order valence-corrected chi connectivity index (χ4v) is 4.15. The van der Waals surface area contributed by atoms with Gasteiger partial charge in [-0.2, -0.15) is 0 Å². The fraction of sp³-hybridized carbons (Fsp3) is 0. The number of hydrogen-bond donors (Lipinski definition) is 3. The molecular weight excluding hydrogens is 417 g/mol. The number of nitrogens with zero attached hydrogens (tertiary/aromatic N) is 2. The maximum Gasteiger partial charge on any atom is 0.323 e. The number of carbonyl (C=O) groups excluding carboxylic acids is 1. The van der Waals surface area contributed by atoms with E-state index in [0.29, 0.717) is 27.2 Å². The summed E-state index contributed by atoms with van der Waals surface area (Å²) in [5, 5.41) is 9.19. The lowest BCUT2D eigenvalue weighted by Crippen LogP contribution is -2.19. The Morgan fingerprint density at radius 1 is 1.00 bits per heavy atom. The molecular formula is C19H13Cl2N5OS.